The molecule has 3 N–H and O–H groups in total. The number of nitrogens with two attached hydrogens (primary N) is 1. The summed E-state index contributed by atoms with van der Waals surface area (Å²) in [6.07, 6.45) is 4.90. The van der Waals surface area contributed by atoms with E-state index in [-0.39, 0.29) is 48.2 Å². The average molecular weight is 368 g/mol. The lowest BCUT2D eigenvalue weighted by Gasteiger charge is -2.37. The maximum absolute atomic E-state index is 12.5. The Hall–Kier alpha value is -0.360. The highest BCUT2D eigenvalue weighted by molar-refractivity contribution is 7.09. The van der Waals surface area contributed by atoms with Gasteiger partial charge in [0.25, 0.3) is 0 Å². The Morgan fingerprint density at radius 3 is 2.73 bits per heavy atom. The highest BCUT2D eigenvalue weighted by Gasteiger charge is 2.38. The highest BCUT2D eigenvalue weighted by Crippen LogP contribution is 2.32. The zero-order chi connectivity index (χ0) is 14.8. The van der Waals surface area contributed by atoms with Crippen LogP contribution in [0.3, 0.4) is 0 Å². The van der Waals surface area contributed by atoms with Gasteiger partial charge in [-0.3, -0.25) is 4.79 Å². The van der Waals surface area contributed by atoms with Gasteiger partial charge in [-0.1, -0.05) is 19.8 Å². The van der Waals surface area contributed by atoms with Crippen LogP contribution in [-0.4, -0.2) is 16.4 Å². The summed E-state index contributed by atoms with van der Waals surface area (Å²) in [6, 6.07) is 0.0129. The van der Waals surface area contributed by atoms with E-state index >= 15 is 0 Å². The molecule has 0 aliphatic heterocycles. The molecule has 1 fully saturated rings. The van der Waals surface area contributed by atoms with Gasteiger partial charge in [-0.25, -0.2) is 4.98 Å². The fourth-order valence-electron chi connectivity index (χ4n) is 2.93. The van der Waals surface area contributed by atoms with Gasteiger partial charge >= 0.3 is 0 Å². The lowest BCUT2D eigenvalue weighted by atomic mass is 9.74. The number of hydrogen-bond acceptors (Lipinski definition) is 4. The molecule has 3 unspecified atom stereocenters. The van der Waals surface area contributed by atoms with Crippen molar-refractivity contribution in [1.82, 2.24) is 10.3 Å². The number of carbonyl (C=O) groups excluding carboxylic acids is 1. The largest absolute Gasteiger partial charge is 0.347 e. The van der Waals surface area contributed by atoms with Gasteiger partial charge in [-0.15, -0.1) is 36.2 Å². The number of aryl methyl sites for hydroxylation is 1. The van der Waals surface area contributed by atoms with E-state index in [1.807, 2.05) is 19.2 Å². The van der Waals surface area contributed by atoms with Gasteiger partial charge in [0.1, 0.15) is 5.01 Å². The molecule has 1 aromatic rings. The first-order chi connectivity index (χ1) is 9.44. The second-order valence-corrected chi connectivity index (χ2v) is 6.99. The van der Waals surface area contributed by atoms with Gasteiger partial charge in [-0.05, 0) is 33.1 Å². The van der Waals surface area contributed by atoms with Crippen molar-refractivity contribution in [1.29, 1.82) is 0 Å². The molecule has 0 saturated heterocycles. The molecule has 1 heterocycles. The molecule has 1 amide bonds. The van der Waals surface area contributed by atoms with Gasteiger partial charge in [0.15, 0.2) is 0 Å². The van der Waals surface area contributed by atoms with Crippen LogP contribution < -0.4 is 11.1 Å². The summed E-state index contributed by atoms with van der Waals surface area (Å²) in [5, 5.41) is 6.17. The Labute approximate surface area is 149 Å². The van der Waals surface area contributed by atoms with Crippen molar-refractivity contribution in [2.24, 2.45) is 11.7 Å². The molecule has 0 spiro atoms. The average Bonchev–Trinajstić information content (AvgIpc) is 2.81. The third kappa shape index (κ3) is 5.08. The van der Waals surface area contributed by atoms with E-state index in [4.69, 9.17) is 5.73 Å². The topological polar surface area (TPSA) is 68.0 Å². The summed E-state index contributed by atoms with van der Waals surface area (Å²) in [4.78, 5) is 17.0. The van der Waals surface area contributed by atoms with Crippen molar-refractivity contribution in [3.63, 3.8) is 0 Å². The predicted octanol–water partition coefficient (Wildman–Crippen LogP) is 3.77. The molecule has 22 heavy (non-hydrogen) atoms. The molecule has 4 nitrogen and oxygen atoms in total. The van der Waals surface area contributed by atoms with Gasteiger partial charge in [0.05, 0.1) is 12.0 Å². The van der Waals surface area contributed by atoms with E-state index in [1.54, 1.807) is 11.3 Å². The van der Waals surface area contributed by atoms with Crippen LogP contribution in [0.15, 0.2) is 5.38 Å². The number of amides is 1. The normalized spacial score (nSPS) is 25.5. The minimum Gasteiger partial charge on any atom is -0.347 e. The molecule has 1 aromatic heterocycles. The molecule has 1 aliphatic carbocycles. The maximum atomic E-state index is 12.5. The first-order valence-electron chi connectivity index (χ1n) is 7.45. The molecular weight excluding hydrogens is 341 g/mol. The summed E-state index contributed by atoms with van der Waals surface area (Å²) < 4.78 is 0. The Morgan fingerprint density at radius 2 is 2.23 bits per heavy atom. The van der Waals surface area contributed by atoms with Gasteiger partial charge < -0.3 is 11.1 Å². The van der Waals surface area contributed by atoms with Crippen molar-refractivity contribution in [3.8, 4) is 0 Å². The van der Waals surface area contributed by atoms with Gasteiger partial charge in [0, 0.05) is 16.6 Å². The van der Waals surface area contributed by atoms with E-state index in [0.29, 0.717) is 0 Å². The van der Waals surface area contributed by atoms with Crippen LogP contribution in [0.2, 0.25) is 0 Å². The standard InChI is InChI=1S/C15H25N3OS.2ClH/c1-4-12(14-17-10(2)9-20-14)18-13(19)11-7-5-6-8-15(11,3)16;;/h9,11-12H,4-8,16H2,1-3H3,(H,18,19);2*1H. The predicted molar refractivity (Wildman–Crippen MR) is 97.1 cm³/mol. The lowest BCUT2D eigenvalue weighted by molar-refractivity contribution is -0.128. The highest BCUT2D eigenvalue weighted by atomic mass is 35.5. The minimum absolute atomic E-state index is 0. The van der Waals surface area contributed by atoms with E-state index < -0.39 is 0 Å². The van der Waals surface area contributed by atoms with E-state index in [1.165, 1.54) is 0 Å². The fourth-order valence-corrected chi connectivity index (χ4v) is 3.86. The molecular formula is C15H27Cl2N3OS. The molecule has 3 atom stereocenters. The van der Waals surface area contributed by atoms with Crippen molar-refractivity contribution in [2.75, 3.05) is 0 Å². The number of halogens is 2. The number of hydrogen-bond donors (Lipinski definition) is 2. The molecule has 1 aliphatic rings. The Kier molecular flexibility index (Phi) is 8.91. The van der Waals surface area contributed by atoms with E-state index in [2.05, 4.69) is 17.2 Å². The summed E-state index contributed by atoms with van der Waals surface area (Å²) in [7, 11) is 0. The molecule has 0 aromatic carbocycles. The number of thiazole rings is 1. The number of rotatable bonds is 4. The first-order valence-corrected chi connectivity index (χ1v) is 8.33. The van der Waals surface area contributed by atoms with Gasteiger partial charge in [0.2, 0.25) is 5.91 Å². The fraction of sp³-hybridized carbons (Fsp3) is 0.733. The van der Waals surface area contributed by atoms with Crippen LogP contribution in [0.5, 0.6) is 0 Å². The number of nitrogens with zero attached hydrogens (tertiary/aromatic N) is 1. The number of carbonyl (C=O) groups is 1. The van der Waals surface area contributed by atoms with Crippen molar-refractivity contribution in [3.05, 3.63) is 16.1 Å². The molecule has 7 heteroatoms. The van der Waals surface area contributed by atoms with Crippen LogP contribution in [-0.2, 0) is 4.79 Å². The maximum Gasteiger partial charge on any atom is 0.225 e. The third-order valence-electron chi connectivity index (χ3n) is 4.23. The summed E-state index contributed by atoms with van der Waals surface area (Å²) in [6.45, 7) is 6.06. The first kappa shape index (κ1) is 21.6. The van der Waals surface area contributed by atoms with Crippen molar-refractivity contribution < 1.29 is 4.79 Å². The monoisotopic (exact) mass is 367 g/mol. The third-order valence-corrected chi connectivity index (χ3v) is 5.31. The molecule has 1 saturated carbocycles. The van der Waals surface area contributed by atoms with Crippen LogP contribution in [0, 0.1) is 12.8 Å². The lowest BCUT2D eigenvalue weighted by Crippen LogP contribution is -2.53. The number of aromatic nitrogens is 1. The minimum atomic E-state index is -0.376. The summed E-state index contributed by atoms with van der Waals surface area (Å²) in [5.74, 6) is 0.0146. The zero-order valence-electron chi connectivity index (χ0n) is 13.4. The van der Waals surface area contributed by atoms with Crippen LogP contribution >= 0.6 is 36.2 Å². The van der Waals surface area contributed by atoms with E-state index in [9.17, 15) is 4.79 Å². The molecule has 0 radical (unpaired) electrons. The number of nitrogens with one attached hydrogen (secondary N) is 1. The van der Waals surface area contributed by atoms with Crippen molar-refractivity contribution in [2.45, 2.75) is 64.5 Å². The van der Waals surface area contributed by atoms with E-state index in [0.717, 1.165) is 42.8 Å². The summed E-state index contributed by atoms with van der Waals surface area (Å²) in [5.41, 5.74) is 6.95. The Bertz CT molecular complexity index is 479. The van der Waals surface area contributed by atoms with Crippen LogP contribution in [0.25, 0.3) is 0 Å². The van der Waals surface area contributed by atoms with Crippen molar-refractivity contribution >= 4 is 42.1 Å². The van der Waals surface area contributed by atoms with Crippen LogP contribution in [0.4, 0.5) is 0 Å². The SMILES string of the molecule is CCC(NC(=O)C1CCCCC1(C)N)c1nc(C)cs1.Cl.Cl. The molecule has 0 bridgehead atoms. The quantitative estimate of drug-likeness (QED) is 0.850. The molecule has 128 valence electrons. The second kappa shape index (κ2) is 9.06. The molecule has 2 rings (SSSR count). The second-order valence-electron chi connectivity index (χ2n) is 6.10. The summed E-state index contributed by atoms with van der Waals surface area (Å²) >= 11 is 1.61. The zero-order valence-corrected chi connectivity index (χ0v) is 15.9. The Morgan fingerprint density at radius 1 is 1.55 bits per heavy atom. The van der Waals surface area contributed by atoms with Gasteiger partial charge in [-0.2, -0.15) is 0 Å². The Balaban J connectivity index is 0.00000220. The smallest absolute Gasteiger partial charge is 0.225 e. The van der Waals surface area contributed by atoms with Crippen LogP contribution in [0.1, 0.15) is 62.7 Å².